The smallest absolute Gasteiger partial charge is 0.335 e. The van der Waals surface area contributed by atoms with Gasteiger partial charge in [0.1, 0.15) is 5.75 Å². The van der Waals surface area contributed by atoms with Crippen LogP contribution >= 0.6 is 0 Å². The Morgan fingerprint density at radius 1 is 1.42 bits per heavy atom. The highest BCUT2D eigenvalue weighted by atomic mass is 16.5. The Morgan fingerprint density at radius 2 is 2.16 bits per heavy atom. The molecule has 1 heterocycles. The van der Waals surface area contributed by atoms with Crippen LogP contribution in [0, 0.1) is 5.92 Å². The fraction of sp³-hybridized carbons (Fsp3) is 0.533. The van der Waals surface area contributed by atoms with E-state index in [9.17, 15) is 4.79 Å². The molecule has 19 heavy (non-hydrogen) atoms. The zero-order chi connectivity index (χ0) is 13.7. The predicted octanol–water partition coefficient (Wildman–Crippen LogP) is 2.50. The van der Waals surface area contributed by atoms with E-state index in [2.05, 4.69) is 11.8 Å². The van der Waals surface area contributed by atoms with Gasteiger partial charge in [0, 0.05) is 12.5 Å². The van der Waals surface area contributed by atoms with Crippen LogP contribution in [0.1, 0.15) is 30.1 Å². The number of carboxylic acid groups (broad SMARTS) is 1. The highest BCUT2D eigenvalue weighted by Gasteiger charge is 2.15. The molecule has 0 aliphatic carbocycles. The Kier molecular flexibility index (Phi) is 4.80. The number of carbonyl (C=O) groups is 1. The van der Waals surface area contributed by atoms with Crippen LogP contribution in [0.2, 0.25) is 0 Å². The summed E-state index contributed by atoms with van der Waals surface area (Å²) >= 11 is 0. The molecular weight excluding hydrogens is 242 g/mol. The maximum absolute atomic E-state index is 10.9. The van der Waals surface area contributed by atoms with Crippen LogP contribution < -0.4 is 4.74 Å². The number of ether oxygens (including phenoxy) is 1. The Bertz CT molecular complexity index is 427. The number of aromatic carboxylic acids is 1. The lowest BCUT2D eigenvalue weighted by Crippen LogP contribution is -2.28. The normalized spacial score (nSPS) is 17.3. The van der Waals surface area contributed by atoms with Crippen molar-refractivity contribution in [1.29, 1.82) is 0 Å². The minimum absolute atomic E-state index is 0.268. The Hall–Kier alpha value is -1.55. The summed E-state index contributed by atoms with van der Waals surface area (Å²) in [5.74, 6) is 0.162. The minimum atomic E-state index is -0.921. The number of hydrogen-bond acceptors (Lipinski definition) is 3. The van der Waals surface area contributed by atoms with Crippen LogP contribution in [0.25, 0.3) is 0 Å². The predicted molar refractivity (Wildman–Crippen MR) is 73.7 cm³/mol. The summed E-state index contributed by atoms with van der Waals surface area (Å²) in [6.07, 6.45) is 2.60. The molecule has 4 nitrogen and oxygen atoms in total. The van der Waals surface area contributed by atoms with Crippen molar-refractivity contribution < 1.29 is 14.6 Å². The molecule has 1 aliphatic rings. The molecule has 2 rings (SSSR count). The third-order valence-corrected chi connectivity index (χ3v) is 3.38. The average molecular weight is 263 g/mol. The van der Waals surface area contributed by atoms with Gasteiger partial charge in [0.25, 0.3) is 0 Å². The van der Waals surface area contributed by atoms with Crippen LogP contribution in [0.5, 0.6) is 5.75 Å². The van der Waals surface area contributed by atoms with E-state index in [-0.39, 0.29) is 5.56 Å². The lowest BCUT2D eigenvalue weighted by molar-refractivity contribution is 0.0696. The summed E-state index contributed by atoms with van der Waals surface area (Å²) in [6.45, 7) is 6.23. The van der Waals surface area contributed by atoms with Gasteiger partial charge in [0.05, 0.1) is 12.2 Å². The Morgan fingerprint density at radius 3 is 2.84 bits per heavy atom. The van der Waals surface area contributed by atoms with E-state index in [1.807, 2.05) is 0 Å². The van der Waals surface area contributed by atoms with Crippen LogP contribution in [-0.4, -0.2) is 42.2 Å². The van der Waals surface area contributed by atoms with Gasteiger partial charge in [-0.2, -0.15) is 0 Å². The van der Waals surface area contributed by atoms with Crippen molar-refractivity contribution in [3.63, 3.8) is 0 Å². The molecule has 1 aromatic carbocycles. The van der Waals surface area contributed by atoms with Crippen molar-refractivity contribution in [2.75, 3.05) is 26.2 Å². The quantitative estimate of drug-likeness (QED) is 0.856. The van der Waals surface area contributed by atoms with E-state index in [4.69, 9.17) is 9.84 Å². The Labute approximate surface area is 114 Å². The van der Waals surface area contributed by atoms with E-state index in [1.165, 1.54) is 25.9 Å². The summed E-state index contributed by atoms with van der Waals surface area (Å²) < 4.78 is 5.68. The minimum Gasteiger partial charge on any atom is -0.493 e. The maximum Gasteiger partial charge on any atom is 0.335 e. The molecule has 1 aromatic rings. The van der Waals surface area contributed by atoms with E-state index >= 15 is 0 Å². The zero-order valence-corrected chi connectivity index (χ0v) is 11.3. The van der Waals surface area contributed by atoms with Crippen molar-refractivity contribution in [3.05, 3.63) is 29.8 Å². The SMILES string of the molecule is CC(COc1cccc(C(=O)O)c1)CN1CCCC1. The van der Waals surface area contributed by atoms with Gasteiger partial charge >= 0.3 is 5.97 Å². The second-order valence-corrected chi connectivity index (χ2v) is 5.26. The van der Waals surface area contributed by atoms with Crippen molar-refractivity contribution in [2.24, 2.45) is 5.92 Å². The van der Waals surface area contributed by atoms with E-state index in [1.54, 1.807) is 24.3 Å². The summed E-state index contributed by atoms with van der Waals surface area (Å²) in [7, 11) is 0. The Balaban J connectivity index is 1.80. The molecule has 0 aromatic heterocycles. The van der Waals surface area contributed by atoms with Crippen LogP contribution in [0.15, 0.2) is 24.3 Å². The maximum atomic E-state index is 10.9. The first kappa shape index (κ1) is 13.9. The highest BCUT2D eigenvalue weighted by Crippen LogP contribution is 2.15. The molecular formula is C15H21NO3. The number of nitrogens with zero attached hydrogens (tertiary/aromatic N) is 1. The van der Waals surface area contributed by atoms with Gasteiger partial charge in [-0.3, -0.25) is 0 Å². The molecule has 1 atom stereocenters. The average Bonchev–Trinajstić information content (AvgIpc) is 2.89. The molecule has 1 unspecified atom stereocenters. The standard InChI is InChI=1S/C15H21NO3/c1-12(10-16-7-2-3-8-16)11-19-14-6-4-5-13(9-14)15(17)18/h4-6,9,12H,2-3,7-8,10-11H2,1H3,(H,17,18). The van der Waals surface area contributed by atoms with Gasteiger partial charge in [-0.25, -0.2) is 4.79 Å². The van der Waals surface area contributed by atoms with Crippen LogP contribution in [0.4, 0.5) is 0 Å². The number of likely N-dealkylation sites (tertiary alicyclic amines) is 1. The fourth-order valence-corrected chi connectivity index (χ4v) is 2.42. The van der Waals surface area contributed by atoms with Gasteiger partial charge in [-0.05, 0) is 44.1 Å². The summed E-state index contributed by atoms with van der Waals surface area (Å²) in [5.41, 5.74) is 0.268. The third kappa shape index (κ3) is 4.24. The van der Waals surface area contributed by atoms with Gasteiger partial charge in [-0.15, -0.1) is 0 Å². The molecule has 0 radical (unpaired) electrons. The summed E-state index contributed by atoms with van der Waals surface area (Å²) in [5, 5.41) is 8.91. The van der Waals surface area contributed by atoms with Crippen molar-refractivity contribution in [1.82, 2.24) is 4.90 Å². The van der Waals surface area contributed by atoms with Crippen molar-refractivity contribution >= 4 is 5.97 Å². The van der Waals surface area contributed by atoms with E-state index in [0.29, 0.717) is 18.3 Å². The van der Waals surface area contributed by atoms with E-state index < -0.39 is 5.97 Å². The zero-order valence-electron chi connectivity index (χ0n) is 11.3. The van der Waals surface area contributed by atoms with Gasteiger partial charge in [0.2, 0.25) is 0 Å². The van der Waals surface area contributed by atoms with Crippen LogP contribution in [0.3, 0.4) is 0 Å². The van der Waals surface area contributed by atoms with Crippen molar-refractivity contribution in [2.45, 2.75) is 19.8 Å². The number of rotatable bonds is 6. The largest absolute Gasteiger partial charge is 0.493 e. The fourth-order valence-electron chi connectivity index (χ4n) is 2.42. The number of benzene rings is 1. The molecule has 104 valence electrons. The van der Waals surface area contributed by atoms with E-state index in [0.717, 1.165) is 6.54 Å². The molecule has 0 saturated carbocycles. The molecule has 4 heteroatoms. The second-order valence-electron chi connectivity index (χ2n) is 5.26. The first-order valence-electron chi connectivity index (χ1n) is 6.83. The van der Waals surface area contributed by atoms with Gasteiger partial charge in [0.15, 0.2) is 0 Å². The molecule has 0 amide bonds. The number of carboxylic acids is 1. The highest BCUT2D eigenvalue weighted by molar-refractivity contribution is 5.87. The molecule has 1 saturated heterocycles. The number of hydrogen-bond donors (Lipinski definition) is 1. The first-order chi connectivity index (χ1) is 9.15. The monoisotopic (exact) mass is 263 g/mol. The molecule has 1 N–H and O–H groups in total. The molecule has 0 bridgehead atoms. The second kappa shape index (κ2) is 6.57. The van der Waals surface area contributed by atoms with Gasteiger partial charge < -0.3 is 14.7 Å². The van der Waals surface area contributed by atoms with Crippen LogP contribution in [-0.2, 0) is 0 Å². The van der Waals surface area contributed by atoms with Gasteiger partial charge in [-0.1, -0.05) is 13.0 Å². The topological polar surface area (TPSA) is 49.8 Å². The third-order valence-electron chi connectivity index (χ3n) is 3.38. The molecule has 1 aliphatic heterocycles. The molecule has 1 fully saturated rings. The summed E-state index contributed by atoms with van der Waals surface area (Å²) in [4.78, 5) is 13.3. The lowest BCUT2D eigenvalue weighted by atomic mass is 10.2. The van der Waals surface area contributed by atoms with Crippen molar-refractivity contribution in [3.8, 4) is 5.75 Å². The molecule has 0 spiro atoms. The first-order valence-corrected chi connectivity index (χ1v) is 6.83. The lowest BCUT2D eigenvalue weighted by Gasteiger charge is -2.20. The summed E-state index contributed by atoms with van der Waals surface area (Å²) in [6, 6.07) is 6.66.